The summed E-state index contributed by atoms with van der Waals surface area (Å²) < 4.78 is 19.6. The van der Waals surface area contributed by atoms with E-state index in [9.17, 15) is 4.39 Å². The Hall–Kier alpha value is -2.00. The molecule has 0 aliphatic rings. The summed E-state index contributed by atoms with van der Waals surface area (Å²) in [6, 6.07) is 4.56. The number of benzene rings is 1. The van der Waals surface area contributed by atoms with Crippen LogP contribution in [0.5, 0.6) is 6.01 Å². The minimum atomic E-state index is -0.436. The second-order valence-corrected chi connectivity index (χ2v) is 4.51. The maximum absolute atomic E-state index is 13.7. The van der Waals surface area contributed by atoms with Crippen LogP contribution in [0.25, 0.3) is 0 Å². The number of aromatic nitrogens is 3. The van der Waals surface area contributed by atoms with Gasteiger partial charge in [0.15, 0.2) is 0 Å². The standard InChI is InChI=1S/C11H12BrFN6O/c1-2-20-11-17-9(16-10(18-11)19-14)15-8-5-6(12)3-4-7(8)13/h3-5H,2,14H2,1H3,(H2,15,16,17,18,19). The molecule has 0 bridgehead atoms. The van der Waals surface area contributed by atoms with Gasteiger partial charge in [0.25, 0.3) is 0 Å². The number of nitrogens with zero attached hydrogens (tertiary/aromatic N) is 3. The van der Waals surface area contributed by atoms with Crippen LogP contribution >= 0.6 is 15.9 Å². The summed E-state index contributed by atoms with van der Waals surface area (Å²) in [5.41, 5.74) is 2.51. The number of hydrazine groups is 1. The third kappa shape index (κ3) is 3.52. The molecule has 4 N–H and O–H groups in total. The van der Waals surface area contributed by atoms with Crippen LogP contribution in [0.1, 0.15) is 6.92 Å². The van der Waals surface area contributed by atoms with Crippen LogP contribution in [0, 0.1) is 5.82 Å². The van der Waals surface area contributed by atoms with Crippen LogP contribution in [0.15, 0.2) is 22.7 Å². The molecule has 0 aliphatic heterocycles. The molecule has 7 nitrogen and oxygen atoms in total. The summed E-state index contributed by atoms with van der Waals surface area (Å²) in [5.74, 6) is 5.06. The van der Waals surface area contributed by atoms with E-state index in [1.165, 1.54) is 6.07 Å². The molecule has 0 aliphatic carbocycles. The number of rotatable bonds is 5. The Morgan fingerprint density at radius 1 is 1.30 bits per heavy atom. The third-order valence-corrected chi connectivity index (χ3v) is 2.69. The van der Waals surface area contributed by atoms with E-state index < -0.39 is 5.82 Å². The van der Waals surface area contributed by atoms with E-state index in [1.807, 2.05) is 0 Å². The molecule has 0 amide bonds. The van der Waals surface area contributed by atoms with E-state index in [0.717, 1.165) is 4.47 Å². The topological polar surface area (TPSA) is 98.0 Å². The van der Waals surface area contributed by atoms with Gasteiger partial charge in [0, 0.05) is 4.47 Å². The molecule has 0 spiro atoms. The van der Waals surface area contributed by atoms with Crippen LogP contribution in [0.3, 0.4) is 0 Å². The van der Waals surface area contributed by atoms with Gasteiger partial charge >= 0.3 is 6.01 Å². The van der Waals surface area contributed by atoms with Crippen molar-refractivity contribution < 1.29 is 9.13 Å². The summed E-state index contributed by atoms with van der Waals surface area (Å²) in [6.45, 7) is 2.18. The van der Waals surface area contributed by atoms with Crippen LogP contribution in [0.4, 0.5) is 22.0 Å². The first-order valence-corrected chi connectivity index (χ1v) is 6.49. The lowest BCUT2D eigenvalue weighted by Crippen LogP contribution is -2.13. The Bertz CT molecular complexity index is 611. The van der Waals surface area contributed by atoms with Gasteiger partial charge in [-0.25, -0.2) is 10.2 Å². The second kappa shape index (κ2) is 6.44. The van der Waals surface area contributed by atoms with Gasteiger partial charge in [-0.05, 0) is 25.1 Å². The summed E-state index contributed by atoms with van der Waals surface area (Å²) in [4.78, 5) is 11.9. The largest absolute Gasteiger partial charge is 0.464 e. The van der Waals surface area contributed by atoms with Gasteiger partial charge in [-0.1, -0.05) is 15.9 Å². The lowest BCUT2D eigenvalue weighted by atomic mass is 10.3. The van der Waals surface area contributed by atoms with Gasteiger partial charge in [0.1, 0.15) is 5.82 Å². The molecule has 106 valence electrons. The maximum atomic E-state index is 13.7. The van der Waals surface area contributed by atoms with Gasteiger partial charge in [0.05, 0.1) is 12.3 Å². The van der Waals surface area contributed by atoms with Crippen LogP contribution in [0.2, 0.25) is 0 Å². The Kier molecular flexibility index (Phi) is 4.64. The van der Waals surface area contributed by atoms with E-state index in [-0.39, 0.29) is 23.6 Å². The molecule has 2 aromatic rings. The first-order valence-electron chi connectivity index (χ1n) is 5.70. The number of nitrogens with two attached hydrogens (primary N) is 1. The molecule has 0 saturated heterocycles. The Balaban J connectivity index is 2.32. The fourth-order valence-electron chi connectivity index (χ4n) is 1.38. The number of ether oxygens (including phenoxy) is 1. The number of nitrogens with one attached hydrogen (secondary N) is 2. The number of halogens is 2. The van der Waals surface area contributed by atoms with Crippen LogP contribution in [-0.2, 0) is 0 Å². The predicted octanol–water partition coefficient (Wildman–Crippen LogP) is 2.20. The monoisotopic (exact) mass is 342 g/mol. The van der Waals surface area contributed by atoms with Crippen molar-refractivity contribution >= 4 is 33.5 Å². The SMILES string of the molecule is CCOc1nc(NN)nc(Nc2cc(Br)ccc2F)n1. The molecule has 0 radical (unpaired) electrons. The molecule has 0 saturated carbocycles. The van der Waals surface area contributed by atoms with E-state index in [2.05, 4.69) is 41.6 Å². The van der Waals surface area contributed by atoms with E-state index in [0.29, 0.717) is 6.61 Å². The maximum Gasteiger partial charge on any atom is 0.323 e. The Morgan fingerprint density at radius 2 is 2.05 bits per heavy atom. The van der Waals surface area contributed by atoms with Crippen molar-refractivity contribution in [2.75, 3.05) is 17.3 Å². The van der Waals surface area contributed by atoms with Crippen molar-refractivity contribution in [2.24, 2.45) is 5.84 Å². The zero-order valence-electron chi connectivity index (χ0n) is 10.5. The van der Waals surface area contributed by atoms with Crippen molar-refractivity contribution in [3.63, 3.8) is 0 Å². The summed E-state index contributed by atoms with van der Waals surface area (Å²) in [7, 11) is 0. The number of anilines is 3. The molecule has 1 aromatic carbocycles. The lowest BCUT2D eigenvalue weighted by molar-refractivity contribution is 0.312. The average molecular weight is 343 g/mol. The average Bonchev–Trinajstić information content (AvgIpc) is 2.43. The van der Waals surface area contributed by atoms with E-state index in [4.69, 9.17) is 10.6 Å². The Labute approximate surface area is 122 Å². The molecule has 0 fully saturated rings. The van der Waals surface area contributed by atoms with Gasteiger partial charge in [-0.3, -0.25) is 5.43 Å². The van der Waals surface area contributed by atoms with Crippen molar-refractivity contribution in [2.45, 2.75) is 6.92 Å². The van der Waals surface area contributed by atoms with Gasteiger partial charge in [-0.2, -0.15) is 15.0 Å². The molecule has 20 heavy (non-hydrogen) atoms. The van der Waals surface area contributed by atoms with Crippen LogP contribution in [-0.4, -0.2) is 21.6 Å². The fourth-order valence-corrected chi connectivity index (χ4v) is 1.75. The third-order valence-electron chi connectivity index (χ3n) is 2.19. The van der Waals surface area contributed by atoms with Gasteiger partial charge in [0.2, 0.25) is 11.9 Å². The molecule has 1 aromatic heterocycles. The second-order valence-electron chi connectivity index (χ2n) is 3.59. The highest BCUT2D eigenvalue weighted by Crippen LogP contribution is 2.23. The normalized spacial score (nSPS) is 10.2. The minimum absolute atomic E-state index is 0.0911. The molecule has 0 unspecified atom stereocenters. The summed E-state index contributed by atoms with van der Waals surface area (Å²) in [5, 5.41) is 2.74. The first-order chi connectivity index (χ1) is 9.62. The molecule has 1 heterocycles. The van der Waals surface area contributed by atoms with Crippen molar-refractivity contribution in [1.29, 1.82) is 0 Å². The summed E-state index contributed by atoms with van der Waals surface area (Å²) >= 11 is 3.26. The molecule has 2 rings (SSSR count). The van der Waals surface area contributed by atoms with Crippen molar-refractivity contribution in [3.05, 3.63) is 28.5 Å². The predicted molar refractivity (Wildman–Crippen MR) is 76.2 cm³/mol. The zero-order chi connectivity index (χ0) is 14.5. The molecular weight excluding hydrogens is 331 g/mol. The quantitative estimate of drug-likeness (QED) is 0.565. The molecule has 0 atom stereocenters. The molecular formula is C11H12BrFN6O. The van der Waals surface area contributed by atoms with Crippen LogP contribution < -0.4 is 21.3 Å². The number of hydrogen-bond donors (Lipinski definition) is 3. The highest BCUT2D eigenvalue weighted by molar-refractivity contribution is 9.10. The number of nitrogen functional groups attached to an aromatic ring is 1. The Morgan fingerprint density at radius 3 is 2.75 bits per heavy atom. The smallest absolute Gasteiger partial charge is 0.323 e. The van der Waals surface area contributed by atoms with Crippen molar-refractivity contribution in [1.82, 2.24) is 15.0 Å². The van der Waals surface area contributed by atoms with E-state index in [1.54, 1.807) is 19.1 Å². The lowest BCUT2D eigenvalue weighted by Gasteiger charge is -2.09. The summed E-state index contributed by atoms with van der Waals surface area (Å²) in [6.07, 6.45) is 0. The fraction of sp³-hybridized carbons (Fsp3) is 0.182. The van der Waals surface area contributed by atoms with Crippen molar-refractivity contribution in [3.8, 4) is 6.01 Å². The van der Waals surface area contributed by atoms with Gasteiger partial charge < -0.3 is 10.1 Å². The highest BCUT2D eigenvalue weighted by Gasteiger charge is 2.09. The first kappa shape index (κ1) is 14.4. The molecule has 9 heteroatoms. The number of hydrogen-bond acceptors (Lipinski definition) is 7. The van der Waals surface area contributed by atoms with E-state index >= 15 is 0 Å². The zero-order valence-corrected chi connectivity index (χ0v) is 12.1. The highest BCUT2D eigenvalue weighted by atomic mass is 79.9. The van der Waals surface area contributed by atoms with Gasteiger partial charge in [-0.15, -0.1) is 0 Å². The minimum Gasteiger partial charge on any atom is -0.464 e.